The maximum Gasteiger partial charge on any atom is 0.246 e. The largest absolute Gasteiger partial charge is 0.384 e. The SMILES string of the molecule is COCC(=O)NCC1(O)COCCN(S(=O)(=O)c2c(C)n[nH]c2C)C1. The number of aromatic nitrogens is 2. The van der Waals surface area contributed by atoms with Gasteiger partial charge in [0.2, 0.25) is 15.9 Å². The van der Waals surface area contributed by atoms with Crippen molar-refractivity contribution in [3.8, 4) is 0 Å². The number of carbonyl (C=O) groups excluding carboxylic acids is 1. The van der Waals surface area contributed by atoms with Crippen molar-refractivity contribution in [2.45, 2.75) is 24.3 Å². The molecule has 1 aliphatic heterocycles. The van der Waals surface area contributed by atoms with Gasteiger partial charge in [-0.05, 0) is 13.8 Å². The zero-order valence-electron chi connectivity index (χ0n) is 14.5. The van der Waals surface area contributed by atoms with Gasteiger partial charge in [0.25, 0.3) is 0 Å². The van der Waals surface area contributed by atoms with Gasteiger partial charge in [-0.15, -0.1) is 0 Å². The fourth-order valence-corrected chi connectivity index (χ4v) is 4.52. The number of nitrogens with one attached hydrogen (secondary N) is 2. The number of methoxy groups -OCH3 is 1. The summed E-state index contributed by atoms with van der Waals surface area (Å²) >= 11 is 0. The highest BCUT2D eigenvalue weighted by molar-refractivity contribution is 7.89. The molecule has 1 atom stereocenters. The summed E-state index contributed by atoms with van der Waals surface area (Å²) in [5.74, 6) is -0.406. The molecule has 2 rings (SSSR count). The number of aliphatic hydroxyl groups is 1. The van der Waals surface area contributed by atoms with Gasteiger partial charge in [-0.2, -0.15) is 9.40 Å². The van der Waals surface area contributed by atoms with Gasteiger partial charge < -0.3 is 19.9 Å². The first-order valence-corrected chi connectivity index (χ1v) is 9.21. The highest BCUT2D eigenvalue weighted by atomic mass is 32.2. The van der Waals surface area contributed by atoms with Gasteiger partial charge in [0.1, 0.15) is 17.1 Å². The maximum atomic E-state index is 13.0. The maximum absolute atomic E-state index is 13.0. The van der Waals surface area contributed by atoms with Crippen molar-refractivity contribution in [3.63, 3.8) is 0 Å². The standard InChI is InChI=1S/C14H24N4O6S/c1-10-13(11(2)17-16-10)25(21,22)18-4-5-24-9-14(20,8-18)7-15-12(19)6-23-3/h20H,4-9H2,1-3H3,(H,15,19)(H,16,17). The lowest BCUT2D eigenvalue weighted by Crippen LogP contribution is -2.53. The van der Waals surface area contributed by atoms with E-state index in [-0.39, 0.29) is 44.4 Å². The summed E-state index contributed by atoms with van der Waals surface area (Å²) in [5, 5.41) is 19.8. The van der Waals surface area contributed by atoms with Crippen LogP contribution in [0, 0.1) is 13.8 Å². The first kappa shape index (κ1) is 19.8. The molecule has 0 bridgehead atoms. The number of hydrogen-bond acceptors (Lipinski definition) is 7. The predicted molar refractivity (Wildman–Crippen MR) is 87.5 cm³/mol. The summed E-state index contributed by atoms with van der Waals surface area (Å²) in [6.45, 7) is 2.88. The molecule has 0 saturated carbocycles. The average molecular weight is 376 g/mol. The Labute approximate surface area is 146 Å². The van der Waals surface area contributed by atoms with E-state index in [2.05, 4.69) is 15.5 Å². The molecule has 142 valence electrons. The number of hydrogen-bond donors (Lipinski definition) is 3. The van der Waals surface area contributed by atoms with Gasteiger partial charge in [0, 0.05) is 26.7 Å². The van der Waals surface area contributed by atoms with Crippen LogP contribution in [0.15, 0.2) is 4.90 Å². The lowest BCUT2D eigenvalue weighted by molar-refractivity contribution is -0.126. The molecule has 25 heavy (non-hydrogen) atoms. The molecule has 0 aromatic carbocycles. The van der Waals surface area contributed by atoms with E-state index in [0.29, 0.717) is 11.4 Å². The number of ether oxygens (including phenoxy) is 2. The van der Waals surface area contributed by atoms with Crippen LogP contribution in [0.3, 0.4) is 0 Å². The van der Waals surface area contributed by atoms with E-state index >= 15 is 0 Å². The van der Waals surface area contributed by atoms with Crippen LogP contribution in [0.2, 0.25) is 0 Å². The molecular weight excluding hydrogens is 352 g/mol. The fraction of sp³-hybridized carbons (Fsp3) is 0.714. The van der Waals surface area contributed by atoms with Crippen LogP contribution in [-0.2, 0) is 24.3 Å². The molecule has 3 N–H and O–H groups in total. The lowest BCUT2D eigenvalue weighted by atomic mass is 10.1. The van der Waals surface area contributed by atoms with Gasteiger partial charge in [-0.25, -0.2) is 8.42 Å². The minimum absolute atomic E-state index is 0.0877. The Hall–Kier alpha value is -1.53. The van der Waals surface area contributed by atoms with Gasteiger partial charge in [0.05, 0.1) is 24.6 Å². The van der Waals surface area contributed by atoms with Crippen LogP contribution in [0.5, 0.6) is 0 Å². The Balaban J connectivity index is 2.19. The van der Waals surface area contributed by atoms with Crippen molar-refractivity contribution in [1.82, 2.24) is 19.8 Å². The van der Waals surface area contributed by atoms with Crippen molar-refractivity contribution < 1.29 is 27.8 Å². The second-order valence-electron chi connectivity index (χ2n) is 6.09. The van der Waals surface area contributed by atoms with Crippen LogP contribution in [0.1, 0.15) is 11.4 Å². The van der Waals surface area contributed by atoms with Crippen molar-refractivity contribution in [2.24, 2.45) is 0 Å². The van der Waals surface area contributed by atoms with E-state index < -0.39 is 21.5 Å². The molecule has 2 heterocycles. The number of nitrogens with zero attached hydrogens (tertiary/aromatic N) is 2. The number of β-amino-alcohol motifs (C(OH)–C–C–N with tert-alkyl or cyclic N) is 1. The summed E-state index contributed by atoms with van der Waals surface area (Å²) in [7, 11) is -2.48. The lowest BCUT2D eigenvalue weighted by Gasteiger charge is -2.30. The molecule has 0 spiro atoms. The highest BCUT2D eigenvalue weighted by Gasteiger charge is 2.39. The number of carbonyl (C=O) groups is 1. The molecule has 1 saturated heterocycles. The third kappa shape index (κ3) is 4.55. The number of aryl methyl sites for hydroxylation is 2. The molecule has 1 aromatic rings. The molecule has 0 radical (unpaired) electrons. The van der Waals surface area contributed by atoms with E-state index in [4.69, 9.17) is 9.47 Å². The quantitative estimate of drug-likeness (QED) is 0.552. The Morgan fingerprint density at radius 2 is 2.24 bits per heavy atom. The normalized spacial score (nSPS) is 22.6. The second kappa shape index (κ2) is 7.79. The summed E-state index contributed by atoms with van der Waals surface area (Å²) in [6, 6.07) is 0. The van der Waals surface area contributed by atoms with Crippen molar-refractivity contribution >= 4 is 15.9 Å². The van der Waals surface area contributed by atoms with Crippen LogP contribution in [0.4, 0.5) is 0 Å². The molecule has 10 nitrogen and oxygen atoms in total. The van der Waals surface area contributed by atoms with Crippen molar-refractivity contribution in [1.29, 1.82) is 0 Å². The van der Waals surface area contributed by atoms with E-state index in [0.717, 1.165) is 4.31 Å². The molecule has 1 aromatic heterocycles. The highest BCUT2D eigenvalue weighted by Crippen LogP contribution is 2.24. The molecule has 1 unspecified atom stereocenters. The summed E-state index contributed by atoms with van der Waals surface area (Å²) < 4.78 is 37.1. The molecule has 0 aliphatic carbocycles. The number of sulfonamides is 1. The Bertz CT molecular complexity index is 699. The predicted octanol–water partition coefficient (Wildman–Crippen LogP) is -1.46. The zero-order valence-corrected chi connectivity index (χ0v) is 15.4. The number of amides is 1. The minimum Gasteiger partial charge on any atom is -0.384 e. The summed E-state index contributed by atoms with van der Waals surface area (Å²) in [6.07, 6.45) is 0. The number of aromatic amines is 1. The summed E-state index contributed by atoms with van der Waals surface area (Å²) in [4.78, 5) is 11.6. The fourth-order valence-electron chi connectivity index (χ4n) is 2.69. The van der Waals surface area contributed by atoms with Gasteiger partial charge in [-0.1, -0.05) is 0 Å². The number of H-pyrrole nitrogens is 1. The van der Waals surface area contributed by atoms with E-state index in [1.54, 1.807) is 13.8 Å². The Morgan fingerprint density at radius 1 is 1.52 bits per heavy atom. The minimum atomic E-state index is -3.86. The van der Waals surface area contributed by atoms with Crippen LogP contribution < -0.4 is 5.32 Å². The molecule has 1 amide bonds. The van der Waals surface area contributed by atoms with E-state index in [1.165, 1.54) is 7.11 Å². The smallest absolute Gasteiger partial charge is 0.246 e. The second-order valence-corrected chi connectivity index (χ2v) is 7.96. The molecule has 1 fully saturated rings. The first-order valence-electron chi connectivity index (χ1n) is 7.77. The zero-order chi connectivity index (χ0) is 18.7. The van der Waals surface area contributed by atoms with Crippen molar-refractivity contribution in [2.75, 3.05) is 46.6 Å². The monoisotopic (exact) mass is 376 g/mol. The van der Waals surface area contributed by atoms with Gasteiger partial charge in [-0.3, -0.25) is 9.89 Å². The molecular formula is C14H24N4O6S. The molecule has 1 aliphatic rings. The topological polar surface area (TPSA) is 134 Å². The van der Waals surface area contributed by atoms with Crippen LogP contribution in [0.25, 0.3) is 0 Å². The average Bonchev–Trinajstić information content (AvgIpc) is 2.76. The van der Waals surface area contributed by atoms with Crippen molar-refractivity contribution in [3.05, 3.63) is 11.4 Å². The van der Waals surface area contributed by atoms with E-state index in [9.17, 15) is 18.3 Å². The third-order valence-electron chi connectivity index (χ3n) is 3.87. The van der Waals surface area contributed by atoms with Gasteiger partial charge in [0.15, 0.2) is 0 Å². The van der Waals surface area contributed by atoms with Gasteiger partial charge >= 0.3 is 0 Å². The Kier molecular flexibility index (Phi) is 6.16. The van der Waals surface area contributed by atoms with E-state index in [1.807, 2.05) is 0 Å². The summed E-state index contributed by atoms with van der Waals surface area (Å²) in [5.41, 5.74) is -0.752. The first-order chi connectivity index (χ1) is 11.7. The number of rotatable bonds is 6. The van der Waals surface area contributed by atoms with Crippen LogP contribution in [-0.4, -0.2) is 86.1 Å². The van der Waals surface area contributed by atoms with Crippen LogP contribution >= 0.6 is 0 Å². The Morgan fingerprint density at radius 3 is 2.84 bits per heavy atom. The third-order valence-corrected chi connectivity index (χ3v) is 5.98. The molecule has 11 heteroatoms.